The second-order valence-electron chi connectivity index (χ2n) is 4.46. The monoisotopic (exact) mass is 242 g/mol. The highest BCUT2D eigenvalue weighted by atomic mass is 16.6. The lowest BCUT2D eigenvalue weighted by atomic mass is 10.1. The highest BCUT2D eigenvalue weighted by Gasteiger charge is 2.25. The summed E-state index contributed by atoms with van der Waals surface area (Å²) in [5.41, 5.74) is -0.397. The maximum Gasteiger partial charge on any atom is 0.406 e. The SMILES string of the molecule is COC(C)(C)CNc1c([N+](=O)[O-])nc(C)n1C. The summed E-state index contributed by atoms with van der Waals surface area (Å²) < 4.78 is 6.90. The zero-order chi connectivity index (χ0) is 13.2. The zero-order valence-electron chi connectivity index (χ0n) is 10.8. The van der Waals surface area contributed by atoms with Crippen LogP contribution in [0.3, 0.4) is 0 Å². The Morgan fingerprint density at radius 1 is 1.59 bits per heavy atom. The molecule has 0 amide bonds. The third-order valence-electron chi connectivity index (χ3n) is 2.71. The van der Waals surface area contributed by atoms with Crippen LogP contribution in [0.4, 0.5) is 11.6 Å². The molecule has 0 aliphatic heterocycles. The first kappa shape index (κ1) is 13.4. The van der Waals surface area contributed by atoms with Gasteiger partial charge in [-0.1, -0.05) is 0 Å². The first-order valence-electron chi connectivity index (χ1n) is 5.25. The van der Waals surface area contributed by atoms with Crippen LogP contribution in [0.15, 0.2) is 0 Å². The smallest absolute Gasteiger partial charge is 0.377 e. The number of aryl methyl sites for hydroxylation is 1. The minimum Gasteiger partial charge on any atom is -0.377 e. The number of nitrogens with zero attached hydrogens (tertiary/aromatic N) is 3. The number of nitrogens with one attached hydrogen (secondary N) is 1. The van der Waals surface area contributed by atoms with Crippen LogP contribution in [-0.2, 0) is 11.8 Å². The van der Waals surface area contributed by atoms with Gasteiger partial charge >= 0.3 is 5.82 Å². The van der Waals surface area contributed by atoms with E-state index < -0.39 is 10.5 Å². The van der Waals surface area contributed by atoms with Crippen molar-refractivity contribution in [2.75, 3.05) is 19.0 Å². The first-order valence-corrected chi connectivity index (χ1v) is 5.25. The number of methoxy groups -OCH3 is 1. The molecule has 0 unspecified atom stereocenters. The van der Waals surface area contributed by atoms with Crippen LogP contribution >= 0.6 is 0 Å². The third kappa shape index (κ3) is 2.94. The van der Waals surface area contributed by atoms with Gasteiger partial charge in [-0.3, -0.25) is 4.57 Å². The molecule has 0 atom stereocenters. The molecule has 0 aliphatic rings. The molecule has 0 spiro atoms. The Morgan fingerprint density at radius 2 is 2.18 bits per heavy atom. The van der Waals surface area contributed by atoms with E-state index in [0.717, 1.165) is 0 Å². The Bertz CT molecular complexity index is 425. The van der Waals surface area contributed by atoms with E-state index in [2.05, 4.69) is 10.3 Å². The van der Waals surface area contributed by atoms with Gasteiger partial charge in [-0.05, 0) is 23.8 Å². The van der Waals surface area contributed by atoms with Gasteiger partial charge in [-0.2, -0.15) is 0 Å². The molecule has 1 aromatic rings. The zero-order valence-corrected chi connectivity index (χ0v) is 10.8. The predicted molar refractivity (Wildman–Crippen MR) is 64.2 cm³/mol. The summed E-state index contributed by atoms with van der Waals surface area (Å²) in [6.45, 7) is 5.98. The molecule has 1 N–H and O–H groups in total. The lowest BCUT2D eigenvalue weighted by Crippen LogP contribution is -2.32. The molecule has 17 heavy (non-hydrogen) atoms. The fourth-order valence-corrected chi connectivity index (χ4v) is 1.29. The number of nitro groups is 1. The summed E-state index contributed by atoms with van der Waals surface area (Å²) in [4.78, 5) is 14.2. The van der Waals surface area contributed by atoms with Crippen molar-refractivity contribution in [2.24, 2.45) is 7.05 Å². The third-order valence-corrected chi connectivity index (χ3v) is 2.71. The van der Waals surface area contributed by atoms with Crippen molar-refractivity contribution in [1.82, 2.24) is 9.55 Å². The molecule has 0 radical (unpaired) electrons. The summed E-state index contributed by atoms with van der Waals surface area (Å²) in [6, 6.07) is 0. The molecule has 0 aromatic carbocycles. The van der Waals surface area contributed by atoms with E-state index in [1.165, 1.54) is 0 Å². The van der Waals surface area contributed by atoms with Gasteiger partial charge in [0.05, 0.1) is 5.60 Å². The molecule has 1 rings (SSSR count). The summed E-state index contributed by atoms with van der Waals surface area (Å²) in [7, 11) is 3.34. The van der Waals surface area contributed by atoms with E-state index in [1.54, 1.807) is 25.6 Å². The molecule has 1 heterocycles. The van der Waals surface area contributed by atoms with Crippen LogP contribution in [-0.4, -0.2) is 33.7 Å². The van der Waals surface area contributed by atoms with Crippen LogP contribution in [0.2, 0.25) is 0 Å². The average Bonchev–Trinajstić information content (AvgIpc) is 2.53. The summed E-state index contributed by atoms with van der Waals surface area (Å²) >= 11 is 0. The molecule has 0 aliphatic carbocycles. The van der Waals surface area contributed by atoms with Crippen molar-refractivity contribution in [1.29, 1.82) is 0 Å². The van der Waals surface area contributed by atoms with Gasteiger partial charge in [0, 0.05) is 27.6 Å². The number of rotatable bonds is 5. The van der Waals surface area contributed by atoms with Crippen molar-refractivity contribution in [3.05, 3.63) is 15.9 Å². The van der Waals surface area contributed by atoms with Crippen molar-refractivity contribution < 1.29 is 9.66 Å². The minimum atomic E-state index is -0.491. The number of anilines is 1. The Balaban J connectivity index is 2.94. The minimum absolute atomic E-state index is 0.156. The number of hydrogen-bond acceptors (Lipinski definition) is 5. The van der Waals surface area contributed by atoms with Crippen LogP contribution in [0, 0.1) is 17.0 Å². The van der Waals surface area contributed by atoms with Gasteiger partial charge in [-0.15, -0.1) is 0 Å². The number of aromatic nitrogens is 2. The molecule has 7 heteroatoms. The fourth-order valence-electron chi connectivity index (χ4n) is 1.29. The van der Waals surface area contributed by atoms with E-state index >= 15 is 0 Å². The lowest BCUT2D eigenvalue weighted by molar-refractivity contribution is -0.388. The highest BCUT2D eigenvalue weighted by Crippen LogP contribution is 2.24. The van der Waals surface area contributed by atoms with Crippen LogP contribution in [0.1, 0.15) is 19.7 Å². The summed E-state index contributed by atoms with van der Waals surface area (Å²) in [5, 5.41) is 13.8. The maximum absolute atomic E-state index is 10.8. The molecule has 0 saturated heterocycles. The van der Waals surface area contributed by atoms with E-state index in [1.807, 2.05) is 13.8 Å². The molecule has 0 bridgehead atoms. The molecule has 0 saturated carbocycles. The highest BCUT2D eigenvalue weighted by molar-refractivity contribution is 5.53. The lowest BCUT2D eigenvalue weighted by Gasteiger charge is -2.23. The molecule has 96 valence electrons. The van der Waals surface area contributed by atoms with Gasteiger partial charge in [0.15, 0.2) is 0 Å². The molecule has 0 fully saturated rings. The van der Waals surface area contributed by atoms with Gasteiger partial charge in [-0.25, -0.2) is 0 Å². The first-order chi connectivity index (χ1) is 7.78. The Hall–Kier alpha value is -1.63. The second kappa shape index (κ2) is 4.70. The average molecular weight is 242 g/mol. The van der Waals surface area contributed by atoms with Gasteiger partial charge in [0.25, 0.3) is 0 Å². The Kier molecular flexibility index (Phi) is 3.72. The largest absolute Gasteiger partial charge is 0.406 e. The Morgan fingerprint density at radius 3 is 2.65 bits per heavy atom. The molecular formula is C10H18N4O3. The standard InChI is InChI=1S/C10H18N4O3/c1-7-12-9(14(15)16)8(13(7)4)11-6-10(2,3)17-5/h11H,6H2,1-5H3. The molecule has 1 aromatic heterocycles. The molecule has 7 nitrogen and oxygen atoms in total. The van der Waals surface area contributed by atoms with Crippen LogP contribution < -0.4 is 5.32 Å². The number of imidazole rings is 1. The van der Waals surface area contributed by atoms with E-state index in [0.29, 0.717) is 18.2 Å². The van der Waals surface area contributed by atoms with Crippen molar-refractivity contribution in [3.63, 3.8) is 0 Å². The quantitative estimate of drug-likeness (QED) is 0.624. The number of hydrogen-bond donors (Lipinski definition) is 1. The molecular weight excluding hydrogens is 224 g/mol. The van der Waals surface area contributed by atoms with Crippen molar-refractivity contribution >= 4 is 11.6 Å². The Labute approximate surface area is 99.9 Å². The van der Waals surface area contributed by atoms with E-state index in [9.17, 15) is 10.1 Å². The van der Waals surface area contributed by atoms with Crippen LogP contribution in [0.25, 0.3) is 0 Å². The fraction of sp³-hybridized carbons (Fsp3) is 0.700. The maximum atomic E-state index is 10.8. The van der Waals surface area contributed by atoms with E-state index in [4.69, 9.17) is 4.74 Å². The van der Waals surface area contributed by atoms with Gasteiger partial charge < -0.3 is 20.2 Å². The van der Waals surface area contributed by atoms with Crippen molar-refractivity contribution in [2.45, 2.75) is 26.4 Å². The number of ether oxygens (including phenoxy) is 1. The summed E-state index contributed by atoms with van der Waals surface area (Å²) in [6.07, 6.45) is 0. The predicted octanol–water partition coefficient (Wildman–Crippen LogP) is 1.47. The second-order valence-corrected chi connectivity index (χ2v) is 4.46. The van der Waals surface area contributed by atoms with Crippen LogP contribution in [0.5, 0.6) is 0 Å². The normalized spacial score (nSPS) is 11.6. The van der Waals surface area contributed by atoms with E-state index in [-0.39, 0.29) is 5.82 Å². The van der Waals surface area contributed by atoms with Gasteiger partial charge in [0.2, 0.25) is 11.6 Å². The van der Waals surface area contributed by atoms with Crippen molar-refractivity contribution in [3.8, 4) is 0 Å². The van der Waals surface area contributed by atoms with Gasteiger partial charge in [0.1, 0.15) is 0 Å². The topological polar surface area (TPSA) is 82.2 Å². The summed E-state index contributed by atoms with van der Waals surface area (Å²) in [5.74, 6) is 0.837.